The Hall–Kier alpha value is -3.20. The first kappa shape index (κ1) is 26.1. The highest BCUT2D eigenvalue weighted by molar-refractivity contribution is 6.76. The maximum absolute atomic E-state index is 12.5. The van der Waals surface area contributed by atoms with Gasteiger partial charge < -0.3 is 19.7 Å². The van der Waals surface area contributed by atoms with Gasteiger partial charge in [0, 0.05) is 14.0 Å². The van der Waals surface area contributed by atoms with Crippen LogP contribution in [0.2, 0.25) is 25.7 Å². The Balaban J connectivity index is 2.30. The van der Waals surface area contributed by atoms with E-state index in [9.17, 15) is 29.4 Å². The van der Waals surface area contributed by atoms with Crippen LogP contribution in [0.15, 0.2) is 41.5 Å². The Labute approximate surface area is 193 Å². The number of carboxylic acids is 2. The van der Waals surface area contributed by atoms with Gasteiger partial charge in [-0.25, -0.2) is 19.2 Å². The van der Waals surface area contributed by atoms with Gasteiger partial charge in [-0.05, 0) is 36.6 Å². The van der Waals surface area contributed by atoms with E-state index in [1.54, 1.807) is 0 Å². The van der Waals surface area contributed by atoms with Crippen molar-refractivity contribution in [1.82, 2.24) is 0 Å². The number of carbonyl (C=O) groups excluding carboxylic acids is 2. The molecule has 2 rings (SSSR count). The zero-order valence-corrected chi connectivity index (χ0v) is 20.3. The van der Waals surface area contributed by atoms with Crippen molar-refractivity contribution in [3.05, 3.63) is 58.2 Å². The number of allylic oxidation sites excluding steroid dienone is 2. The van der Waals surface area contributed by atoms with Crippen molar-refractivity contribution < 1.29 is 38.9 Å². The number of carboxylic acid groups (broad SMARTS) is 2. The predicted octanol–water partition coefficient (Wildman–Crippen LogP) is 4.26. The molecule has 0 heterocycles. The number of ether oxygens (including phenoxy) is 2. The van der Waals surface area contributed by atoms with Gasteiger partial charge in [-0.3, -0.25) is 0 Å². The molecule has 1 unspecified atom stereocenters. The summed E-state index contributed by atoms with van der Waals surface area (Å²) >= 11 is 0. The maximum Gasteiger partial charge on any atom is 0.339 e. The molecule has 1 aliphatic rings. The SMILES string of the molecule is CCCOC(=O)c1cc(C2C=C(C(=O)O)C(C(=O)OCC[Si](C)(C)C)=CC2)ccc1C(=O)O. The van der Waals surface area contributed by atoms with Gasteiger partial charge in [0.15, 0.2) is 0 Å². The van der Waals surface area contributed by atoms with Gasteiger partial charge in [0.1, 0.15) is 0 Å². The van der Waals surface area contributed by atoms with E-state index in [0.29, 0.717) is 18.4 Å². The highest BCUT2D eigenvalue weighted by Gasteiger charge is 2.29. The summed E-state index contributed by atoms with van der Waals surface area (Å²) in [5.41, 5.74) is 0.0740. The number of carbonyl (C=O) groups is 4. The second-order valence-electron chi connectivity index (χ2n) is 9.04. The molecule has 9 heteroatoms. The summed E-state index contributed by atoms with van der Waals surface area (Å²) in [5, 5.41) is 19.1. The highest BCUT2D eigenvalue weighted by Crippen LogP contribution is 2.33. The fraction of sp³-hybridized carbons (Fsp3) is 0.417. The van der Waals surface area contributed by atoms with Gasteiger partial charge in [-0.1, -0.05) is 44.8 Å². The Morgan fingerprint density at radius 2 is 1.61 bits per heavy atom. The number of aliphatic carboxylic acids is 1. The molecule has 0 saturated heterocycles. The highest BCUT2D eigenvalue weighted by atomic mass is 28.3. The van der Waals surface area contributed by atoms with Crippen LogP contribution in [-0.4, -0.2) is 55.4 Å². The molecular weight excluding hydrogens is 444 g/mol. The van der Waals surface area contributed by atoms with Gasteiger partial charge >= 0.3 is 23.9 Å². The smallest absolute Gasteiger partial charge is 0.339 e. The van der Waals surface area contributed by atoms with Crippen LogP contribution in [0.3, 0.4) is 0 Å². The molecule has 0 saturated carbocycles. The van der Waals surface area contributed by atoms with Crippen LogP contribution < -0.4 is 0 Å². The number of hydrogen-bond acceptors (Lipinski definition) is 6. The van der Waals surface area contributed by atoms with E-state index in [4.69, 9.17) is 9.47 Å². The van der Waals surface area contributed by atoms with Crippen LogP contribution >= 0.6 is 0 Å². The lowest BCUT2D eigenvalue weighted by atomic mass is 9.84. The predicted molar refractivity (Wildman–Crippen MR) is 124 cm³/mol. The molecule has 0 aliphatic heterocycles. The Morgan fingerprint density at radius 1 is 0.939 bits per heavy atom. The minimum atomic E-state index is -1.41. The lowest BCUT2D eigenvalue weighted by Crippen LogP contribution is -2.24. The Morgan fingerprint density at radius 3 is 2.18 bits per heavy atom. The van der Waals surface area contributed by atoms with Crippen molar-refractivity contribution in [2.24, 2.45) is 0 Å². The topological polar surface area (TPSA) is 127 Å². The third kappa shape index (κ3) is 7.14. The lowest BCUT2D eigenvalue weighted by Gasteiger charge is -2.21. The minimum absolute atomic E-state index is 0.000869. The van der Waals surface area contributed by atoms with Crippen LogP contribution in [-0.2, 0) is 19.1 Å². The quantitative estimate of drug-likeness (QED) is 0.380. The monoisotopic (exact) mass is 474 g/mol. The van der Waals surface area contributed by atoms with Crippen molar-refractivity contribution in [3.63, 3.8) is 0 Å². The Kier molecular flexibility index (Phi) is 8.75. The first-order valence-corrected chi connectivity index (χ1v) is 14.5. The molecule has 0 bridgehead atoms. The number of esters is 2. The van der Waals surface area contributed by atoms with Crippen LogP contribution in [0.4, 0.5) is 0 Å². The third-order valence-electron chi connectivity index (χ3n) is 5.13. The molecule has 1 aliphatic carbocycles. The maximum atomic E-state index is 12.5. The van der Waals surface area contributed by atoms with Gasteiger partial charge in [0.05, 0.1) is 35.5 Å². The molecular formula is C24H30O8Si. The molecule has 2 N–H and O–H groups in total. The number of benzene rings is 1. The first-order chi connectivity index (χ1) is 15.4. The van der Waals surface area contributed by atoms with Crippen LogP contribution in [0.1, 0.15) is 52.0 Å². The van der Waals surface area contributed by atoms with Gasteiger partial charge in [0.25, 0.3) is 0 Å². The van der Waals surface area contributed by atoms with E-state index in [2.05, 4.69) is 19.6 Å². The molecule has 33 heavy (non-hydrogen) atoms. The van der Waals surface area contributed by atoms with Gasteiger partial charge in [-0.2, -0.15) is 0 Å². The summed E-state index contributed by atoms with van der Waals surface area (Å²) in [5.74, 6) is -4.42. The van der Waals surface area contributed by atoms with Crippen molar-refractivity contribution in [2.45, 2.75) is 51.4 Å². The number of hydrogen-bond donors (Lipinski definition) is 2. The Bertz CT molecular complexity index is 1000. The van der Waals surface area contributed by atoms with Crippen LogP contribution in [0.25, 0.3) is 0 Å². The molecule has 178 valence electrons. The van der Waals surface area contributed by atoms with E-state index in [-0.39, 0.29) is 35.5 Å². The van der Waals surface area contributed by atoms with Crippen molar-refractivity contribution >= 4 is 32.0 Å². The molecule has 0 amide bonds. The summed E-state index contributed by atoms with van der Waals surface area (Å²) < 4.78 is 10.4. The van der Waals surface area contributed by atoms with E-state index in [1.807, 2.05) is 6.92 Å². The van der Waals surface area contributed by atoms with E-state index >= 15 is 0 Å². The molecule has 0 aromatic heterocycles. The summed E-state index contributed by atoms with van der Waals surface area (Å²) in [6.07, 6.45) is 3.84. The molecule has 0 spiro atoms. The molecule has 0 radical (unpaired) electrons. The van der Waals surface area contributed by atoms with Crippen LogP contribution in [0, 0.1) is 0 Å². The van der Waals surface area contributed by atoms with Gasteiger partial charge in [-0.15, -0.1) is 0 Å². The fourth-order valence-corrected chi connectivity index (χ4v) is 3.99. The van der Waals surface area contributed by atoms with Crippen LogP contribution in [0.5, 0.6) is 0 Å². The summed E-state index contributed by atoms with van der Waals surface area (Å²) in [6, 6.07) is 5.02. The molecule has 1 aromatic carbocycles. The van der Waals surface area contributed by atoms with Crippen molar-refractivity contribution in [1.29, 1.82) is 0 Å². The van der Waals surface area contributed by atoms with Crippen molar-refractivity contribution in [3.8, 4) is 0 Å². The van der Waals surface area contributed by atoms with E-state index < -0.39 is 37.9 Å². The van der Waals surface area contributed by atoms with E-state index in [1.165, 1.54) is 30.4 Å². The summed E-state index contributed by atoms with van der Waals surface area (Å²) in [7, 11) is -1.41. The molecule has 1 aromatic rings. The van der Waals surface area contributed by atoms with Crippen molar-refractivity contribution in [2.75, 3.05) is 13.2 Å². The fourth-order valence-electron chi connectivity index (χ4n) is 3.27. The zero-order chi connectivity index (χ0) is 24.8. The average molecular weight is 475 g/mol. The second-order valence-corrected chi connectivity index (χ2v) is 14.7. The largest absolute Gasteiger partial charge is 0.478 e. The lowest BCUT2D eigenvalue weighted by molar-refractivity contribution is -0.140. The van der Waals surface area contributed by atoms with E-state index in [0.717, 1.165) is 6.04 Å². The minimum Gasteiger partial charge on any atom is -0.478 e. The standard InChI is InChI=1S/C24H30O8Si/c1-5-10-31-24(30)20-14-16(6-8-17(20)21(25)26)15-7-9-18(19(13-15)22(27)28)23(29)32-11-12-33(2,3)4/h6,8-9,13-15H,5,7,10-12H2,1-4H3,(H,25,26)(H,27,28). The third-order valence-corrected chi connectivity index (χ3v) is 6.83. The second kappa shape index (κ2) is 11.1. The summed E-state index contributed by atoms with van der Waals surface area (Å²) in [6.45, 7) is 8.66. The molecule has 0 fully saturated rings. The summed E-state index contributed by atoms with van der Waals surface area (Å²) in [4.78, 5) is 48.3. The molecule has 1 atom stereocenters. The number of rotatable bonds is 10. The molecule has 8 nitrogen and oxygen atoms in total. The zero-order valence-electron chi connectivity index (χ0n) is 19.3. The normalized spacial score (nSPS) is 15.8. The van der Waals surface area contributed by atoms with Gasteiger partial charge in [0.2, 0.25) is 0 Å². The first-order valence-electron chi connectivity index (χ1n) is 10.8. The average Bonchev–Trinajstić information content (AvgIpc) is 2.75. The number of aromatic carboxylic acids is 1.